The van der Waals surface area contributed by atoms with Gasteiger partial charge in [-0.15, -0.1) is 0 Å². The van der Waals surface area contributed by atoms with E-state index in [-0.39, 0.29) is 41.7 Å². The number of nitrogens with zero attached hydrogens (tertiary/aromatic N) is 4. The van der Waals surface area contributed by atoms with E-state index < -0.39 is 6.04 Å². The van der Waals surface area contributed by atoms with Crippen LogP contribution in [-0.4, -0.2) is 91.1 Å². The first-order valence-electron chi connectivity index (χ1n) is 19.9. The summed E-state index contributed by atoms with van der Waals surface area (Å²) in [7, 11) is 0. The molecule has 9 rings (SSSR count). The van der Waals surface area contributed by atoms with Crippen LogP contribution < -0.4 is 19.9 Å². The largest absolute Gasteiger partial charge is 0.508 e. The fourth-order valence-electron chi connectivity index (χ4n) is 9.58. The van der Waals surface area contributed by atoms with Gasteiger partial charge in [-0.2, -0.15) is 0 Å². The third-order valence-corrected chi connectivity index (χ3v) is 12.6. The standard InChI is InChI=1S/C45H49N5O5/c1-29-3-2-4-32(23-29)39-28-55-41-25-36(51)10-12-38(41)43(39)31-5-7-34(8-6-31)48-17-15-30(16-18-48)26-47-19-21-49(22-20-47)35-9-11-37-33(24-35)27-50(45(37)54)40-13-14-42(52)46-44(40)53/h2-12,23-25,30,39-40,43,51H,13-22,26-28H2,1H3,(H,46,52,53)/t39?,40-,43?/m0/s1. The molecule has 3 fully saturated rings. The number of rotatable bonds is 7. The van der Waals surface area contributed by atoms with Gasteiger partial charge >= 0.3 is 0 Å². The second-order valence-corrected chi connectivity index (χ2v) is 16.1. The molecule has 2 N–H and O–H groups in total. The molecule has 3 amide bonds. The molecule has 0 aliphatic carbocycles. The van der Waals surface area contributed by atoms with Crippen LogP contribution in [0, 0.1) is 12.8 Å². The number of anilines is 2. The maximum absolute atomic E-state index is 13.2. The molecule has 0 aromatic heterocycles. The smallest absolute Gasteiger partial charge is 0.255 e. The predicted octanol–water partition coefficient (Wildman–Crippen LogP) is 5.81. The highest BCUT2D eigenvalue weighted by atomic mass is 16.5. The number of nitrogens with one attached hydrogen (secondary N) is 1. The second kappa shape index (κ2) is 14.7. The normalized spacial score (nSPS) is 23.3. The van der Waals surface area contributed by atoms with Crippen molar-refractivity contribution in [2.24, 2.45) is 5.92 Å². The molecule has 5 heterocycles. The van der Waals surface area contributed by atoms with Crippen molar-refractivity contribution in [1.82, 2.24) is 15.1 Å². The van der Waals surface area contributed by atoms with Crippen LogP contribution in [0.2, 0.25) is 0 Å². The minimum Gasteiger partial charge on any atom is -0.508 e. The van der Waals surface area contributed by atoms with Crippen LogP contribution in [0.3, 0.4) is 0 Å². The van der Waals surface area contributed by atoms with Gasteiger partial charge in [0.25, 0.3) is 5.91 Å². The fourth-order valence-corrected chi connectivity index (χ4v) is 9.58. The van der Waals surface area contributed by atoms with Gasteiger partial charge in [-0.25, -0.2) is 0 Å². The summed E-state index contributed by atoms with van der Waals surface area (Å²) in [6.45, 7) is 10.3. The van der Waals surface area contributed by atoms with Crippen molar-refractivity contribution in [1.29, 1.82) is 0 Å². The topological polar surface area (TPSA) is 106 Å². The molecule has 4 aromatic rings. The number of hydrogen-bond donors (Lipinski definition) is 2. The van der Waals surface area contributed by atoms with Crippen molar-refractivity contribution in [3.63, 3.8) is 0 Å². The Hall–Kier alpha value is -5.35. The lowest BCUT2D eigenvalue weighted by molar-refractivity contribution is -0.136. The molecule has 2 unspecified atom stereocenters. The van der Waals surface area contributed by atoms with Crippen molar-refractivity contribution in [2.45, 2.75) is 57.0 Å². The third-order valence-electron chi connectivity index (χ3n) is 12.6. The number of hydrogen-bond acceptors (Lipinski definition) is 8. The molecular weight excluding hydrogens is 691 g/mol. The number of ether oxygens (including phenoxy) is 1. The van der Waals surface area contributed by atoms with Crippen LogP contribution >= 0.6 is 0 Å². The van der Waals surface area contributed by atoms with E-state index in [0.29, 0.717) is 31.1 Å². The average Bonchev–Trinajstić information content (AvgIpc) is 3.52. The zero-order chi connectivity index (χ0) is 37.6. The van der Waals surface area contributed by atoms with Crippen LogP contribution in [0.1, 0.15) is 75.7 Å². The van der Waals surface area contributed by atoms with Crippen molar-refractivity contribution < 1.29 is 24.2 Å². The lowest BCUT2D eigenvalue weighted by atomic mass is 9.75. The first kappa shape index (κ1) is 35.4. The van der Waals surface area contributed by atoms with Crippen LogP contribution in [0.5, 0.6) is 11.5 Å². The van der Waals surface area contributed by atoms with Gasteiger partial charge < -0.3 is 24.5 Å². The fraction of sp³-hybridized carbons (Fsp3) is 0.400. The first-order chi connectivity index (χ1) is 26.8. The molecule has 284 valence electrons. The van der Waals surface area contributed by atoms with E-state index in [2.05, 4.69) is 81.5 Å². The minimum absolute atomic E-state index is 0.125. The average molecular weight is 740 g/mol. The Morgan fingerprint density at radius 2 is 1.55 bits per heavy atom. The van der Waals surface area contributed by atoms with Gasteiger partial charge in [0.2, 0.25) is 11.8 Å². The molecule has 5 aliphatic heterocycles. The summed E-state index contributed by atoms with van der Waals surface area (Å²) in [5.41, 5.74) is 8.92. The highest BCUT2D eigenvalue weighted by molar-refractivity contribution is 6.05. The van der Waals surface area contributed by atoms with Crippen molar-refractivity contribution in [2.75, 3.05) is 62.2 Å². The molecule has 3 atom stereocenters. The number of phenolic OH excluding ortho intramolecular Hbond substituents is 1. The molecule has 0 spiro atoms. The summed E-state index contributed by atoms with van der Waals surface area (Å²) in [6.07, 6.45) is 2.99. The van der Waals surface area contributed by atoms with Gasteiger partial charge in [-0.05, 0) is 85.2 Å². The molecule has 10 heteroatoms. The zero-order valence-electron chi connectivity index (χ0n) is 31.5. The number of piperazine rings is 1. The number of piperidine rings is 2. The predicted molar refractivity (Wildman–Crippen MR) is 212 cm³/mol. The van der Waals surface area contributed by atoms with E-state index in [1.54, 1.807) is 17.0 Å². The number of imide groups is 1. The van der Waals surface area contributed by atoms with Gasteiger partial charge in [-0.1, -0.05) is 48.0 Å². The van der Waals surface area contributed by atoms with Gasteiger partial charge in [0.05, 0.1) is 6.61 Å². The van der Waals surface area contributed by atoms with Gasteiger partial charge in [0.1, 0.15) is 17.5 Å². The molecule has 55 heavy (non-hydrogen) atoms. The summed E-state index contributed by atoms with van der Waals surface area (Å²) in [5.74, 6) is 1.21. The monoisotopic (exact) mass is 739 g/mol. The number of fused-ring (bicyclic) bond motifs is 2. The first-order valence-corrected chi connectivity index (χ1v) is 19.9. The van der Waals surface area contributed by atoms with Crippen molar-refractivity contribution >= 4 is 29.1 Å². The van der Waals surface area contributed by atoms with Crippen LogP contribution in [0.4, 0.5) is 11.4 Å². The lowest BCUT2D eigenvalue weighted by Crippen LogP contribution is -2.52. The summed E-state index contributed by atoms with van der Waals surface area (Å²) in [5, 5.41) is 12.6. The van der Waals surface area contributed by atoms with Crippen molar-refractivity contribution in [3.8, 4) is 11.5 Å². The third kappa shape index (κ3) is 7.04. The Balaban J connectivity index is 0.785. The SMILES string of the molecule is Cc1cccc(C2COc3cc(O)ccc3C2c2ccc(N3CCC(CN4CCN(c5ccc6c(c5)CN([C@H]5CCC(=O)NC5=O)C6=O)CC4)CC3)cc2)c1. The Kier molecular flexibility index (Phi) is 9.46. The van der Waals surface area contributed by atoms with E-state index in [1.807, 2.05) is 18.2 Å². The molecule has 0 saturated carbocycles. The zero-order valence-corrected chi connectivity index (χ0v) is 31.5. The molecule has 10 nitrogen and oxygen atoms in total. The number of amides is 3. The summed E-state index contributed by atoms with van der Waals surface area (Å²) in [6, 6.07) is 28.9. The summed E-state index contributed by atoms with van der Waals surface area (Å²) >= 11 is 0. The number of carbonyl (C=O) groups is 3. The quantitative estimate of drug-likeness (QED) is 0.229. The van der Waals surface area contributed by atoms with Crippen LogP contribution in [-0.2, 0) is 16.1 Å². The van der Waals surface area contributed by atoms with Crippen molar-refractivity contribution in [3.05, 3.63) is 118 Å². The number of phenols is 1. The van der Waals surface area contributed by atoms with Gasteiger partial charge in [0.15, 0.2) is 0 Å². The maximum Gasteiger partial charge on any atom is 0.255 e. The Morgan fingerprint density at radius 3 is 2.31 bits per heavy atom. The van der Waals surface area contributed by atoms with E-state index in [4.69, 9.17) is 4.74 Å². The van der Waals surface area contributed by atoms with Gasteiger partial charge in [0, 0.05) is 99.2 Å². The number of benzene rings is 4. The molecule has 0 radical (unpaired) electrons. The molecule has 0 bridgehead atoms. The Bertz CT molecular complexity index is 2100. The minimum atomic E-state index is -0.590. The summed E-state index contributed by atoms with van der Waals surface area (Å²) < 4.78 is 6.21. The summed E-state index contributed by atoms with van der Waals surface area (Å²) in [4.78, 5) is 46.4. The Morgan fingerprint density at radius 1 is 0.782 bits per heavy atom. The number of aromatic hydroxyl groups is 1. The number of carbonyl (C=O) groups excluding carboxylic acids is 3. The highest BCUT2D eigenvalue weighted by Gasteiger charge is 2.39. The molecule has 3 saturated heterocycles. The van der Waals surface area contributed by atoms with Gasteiger partial charge in [-0.3, -0.25) is 24.6 Å². The second-order valence-electron chi connectivity index (χ2n) is 16.1. The van der Waals surface area contributed by atoms with E-state index in [0.717, 1.165) is 68.4 Å². The molecule has 4 aromatic carbocycles. The molecular formula is C45H49N5O5. The van der Waals surface area contributed by atoms with Crippen LogP contribution in [0.15, 0.2) is 84.9 Å². The highest BCUT2D eigenvalue weighted by Crippen LogP contribution is 2.47. The van der Waals surface area contributed by atoms with E-state index in [1.165, 1.54) is 35.2 Å². The Labute approximate surface area is 322 Å². The lowest BCUT2D eigenvalue weighted by Gasteiger charge is -2.40. The molecule has 5 aliphatic rings. The van der Waals surface area contributed by atoms with E-state index in [9.17, 15) is 19.5 Å². The maximum atomic E-state index is 13.2. The van der Waals surface area contributed by atoms with Crippen LogP contribution in [0.25, 0.3) is 0 Å². The van der Waals surface area contributed by atoms with E-state index >= 15 is 0 Å². The number of aryl methyl sites for hydroxylation is 1.